The fraction of sp³-hybridized carbons (Fsp3) is 0.600. The Hall–Kier alpha value is -1.32. The van der Waals surface area contributed by atoms with Crippen molar-refractivity contribution in [2.75, 3.05) is 6.61 Å². The molecule has 0 N–H and O–H groups in total. The predicted molar refractivity (Wildman–Crippen MR) is 51.2 cm³/mol. The first-order valence-corrected chi connectivity index (χ1v) is 4.58. The quantitative estimate of drug-likeness (QED) is 0.681. The number of carbonyl (C=O) groups excluding carboxylic acids is 1. The molecule has 1 aromatic heterocycles. The van der Waals surface area contributed by atoms with Crippen LogP contribution in [0.4, 0.5) is 0 Å². The summed E-state index contributed by atoms with van der Waals surface area (Å²) >= 11 is 0. The van der Waals surface area contributed by atoms with Crippen molar-refractivity contribution in [1.29, 1.82) is 0 Å². The van der Waals surface area contributed by atoms with Gasteiger partial charge in [-0.25, -0.2) is 9.78 Å². The molecule has 14 heavy (non-hydrogen) atoms. The third kappa shape index (κ3) is 2.34. The highest BCUT2D eigenvalue weighted by atomic mass is 16.5. The molecule has 0 bridgehead atoms. The molecule has 0 saturated carbocycles. The highest BCUT2D eigenvalue weighted by Gasteiger charge is 2.21. The number of ether oxygens (including phenoxy) is 1. The van der Waals surface area contributed by atoms with E-state index in [1.807, 2.05) is 20.8 Å². The second kappa shape index (κ2) is 3.82. The molecule has 0 aromatic carbocycles. The van der Waals surface area contributed by atoms with Crippen LogP contribution in [0.25, 0.3) is 0 Å². The van der Waals surface area contributed by atoms with E-state index < -0.39 is 5.97 Å². The second-order valence-electron chi connectivity index (χ2n) is 4.01. The van der Waals surface area contributed by atoms with Gasteiger partial charge >= 0.3 is 11.9 Å². The van der Waals surface area contributed by atoms with Crippen molar-refractivity contribution in [1.82, 2.24) is 4.98 Å². The zero-order valence-electron chi connectivity index (χ0n) is 8.96. The minimum atomic E-state index is -0.511. The zero-order chi connectivity index (χ0) is 10.8. The third-order valence-corrected chi connectivity index (χ3v) is 1.72. The summed E-state index contributed by atoms with van der Waals surface area (Å²) < 4.78 is 9.78. The van der Waals surface area contributed by atoms with E-state index in [0.717, 1.165) is 5.69 Å². The Labute approximate surface area is 83.3 Å². The molecule has 1 heterocycles. The summed E-state index contributed by atoms with van der Waals surface area (Å²) in [4.78, 5) is 15.3. The highest BCUT2D eigenvalue weighted by molar-refractivity contribution is 5.84. The van der Waals surface area contributed by atoms with Crippen LogP contribution in [0.5, 0.6) is 0 Å². The van der Waals surface area contributed by atoms with E-state index in [4.69, 9.17) is 9.15 Å². The SMILES string of the molecule is CCOC(=O)c1nc(C(C)(C)C)co1. The Kier molecular flexibility index (Phi) is 2.93. The number of oxazole rings is 1. The summed E-state index contributed by atoms with van der Waals surface area (Å²) in [5.74, 6) is -0.486. The largest absolute Gasteiger partial charge is 0.459 e. The van der Waals surface area contributed by atoms with Gasteiger partial charge in [0.15, 0.2) is 0 Å². The Morgan fingerprint density at radius 2 is 2.21 bits per heavy atom. The van der Waals surface area contributed by atoms with Crippen LogP contribution in [-0.4, -0.2) is 17.6 Å². The monoisotopic (exact) mass is 197 g/mol. The summed E-state index contributed by atoms with van der Waals surface area (Å²) in [6, 6.07) is 0. The van der Waals surface area contributed by atoms with Crippen LogP contribution in [0.3, 0.4) is 0 Å². The number of aromatic nitrogens is 1. The maximum atomic E-state index is 11.2. The van der Waals surface area contributed by atoms with Gasteiger partial charge < -0.3 is 9.15 Å². The standard InChI is InChI=1S/C10H15NO3/c1-5-13-9(12)8-11-7(6-14-8)10(2,3)4/h6H,5H2,1-4H3. The first-order valence-electron chi connectivity index (χ1n) is 4.58. The molecule has 0 aliphatic carbocycles. The van der Waals surface area contributed by atoms with E-state index >= 15 is 0 Å². The second-order valence-corrected chi connectivity index (χ2v) is 4.01. The van der Waals surface area contributed by atoms with Crippen LogP contribution in [0.1, 0.15) is 44.1 Å². The smallest absolute Gasteiger partial charge is 0.394 e. The normalized spacial score (nSPS) is 11.4. The van der Waals surface area contributed by atoms with Gasteiger partial charge in [0.1, 0.15) is 6.26 Å². The Balaban J connectivity index is 2.83. The van der Waals surface area contributed by atoms with Crippen LogP contribution in [-0.2, 0) is 10.2 Å². The molecule has 4 heteroatoms. The number of hydrogen-bond donors (Lipinski definition) is 0. The van der Waals surface area contributed by atoms with Gasteiger partial charge in [0.25, 0.3) is 0 Å². The molecule has 0 atom stereocenters. The molecular weight excluding hydrogens is 182 g/mol. The summed E-state index contributed by atoms with van der Waals surface area (Å²) in [6.45, 7) is 8.07. The molecule has 1 rings (SSSR count). The number of rotatable bonds is 2. The zero-order valence-corrected chi connectivity index (χ0v) is 8.96. The topological polar surface area (TPSA) is 52.3 Å². The maximum Gasteiger partial charge on any atom is 0.394 e. The molecule has 0 spiro atoms. The fourth-order valence-electron chi connectivity index (χ4n) is 0.905. The van der Waals surface area contributed by atoms with Crippen molar-refractivity contribution in [2.24, 2.45) is 0 Å². The van der Waals surface area contributed by atoms with Gasteiger partial charge in [-0.1, -0.05) is 20.8 Å². The van der Waals surface area contributed by atoms with Crippen molar-refractivity contribution in [3.8, 4) is 0 Å². The van der Waals surface area contributed by atoms with E-state index in [2.05, 4.69) is 4.98 Å². The average Bonchev–Trinajstić information content (AvgIpc) is 2.51. The molecule has 78 valence electrons. The number of nitrogens with zero attached hydrogens (tertiary/aromatic N) is 1. The average molecular weight is 197 g/mol. The van der Waals surface area contributed by atoms with Gasteiger partial charge in [0, 0.05) is 5.41 Å². The molecule has 4 nitrogen and oxygen atoms in total. The van der Waals surface area contributed by atoms with Crippen LogP contribution in [0.2, 0.25) is 0 Å². The molecular formula is C10H15NO3. The fourth-order valence-corrected chi connectivity index (χ4v) is 0.905. The van der Waals surface area contributed by atoms with Gasteiger partial charge in [0.05, 0.1) is 12.3 Å². The van der Waals surface area contributed by atoms with Crippen molar-refractivity contribution in [2.45, 2.75) is 33.1 Å². The predicted octanol–water partition coefficient (Wildman–Crippen LogP) is 2.15. The van der Waals surface area contributed by atoms with Gasteiger partial charge in [-0.2, -0.15) is 0 Å². The summed E-state index contributed by atoms with van der Waals surface area (Å²) in [5, 5.41) is 0. The highest BCUT2D eigenvalue weighted by Crippen LogP contribution is 2.21. The molecule has 1 aromatic rings. The van der Waals surface area contributed by atoms with Gasteiger partial charge in [-0.15, -0.1) is 0 Å². The molecule has 0 aliphatic rings. The first kappa shape index (κ1) is 10.8. The van der Waals surface area contributed by atoms with Crippen LogP contribution in [0.15, 0.2) is 10.7 Å². The molecule has 0 saturated heterocycles. The van der Waals surface area contributed by atoms with E-state index in [1.54, 1.807) is 6.92 Å². The molecule has 0 aliphatic heterocycles. The maximum absolute atomic E-state index is 11.2. The van der Waals surface area contributed by atoms with Gasteiger partial charge in [-0.05, 0) is 6.92 Å². The molecule has 0 unspecified atom stereocenters. The minimum Gasteiger partial charge on any atom is -0.459 e. The lowest BCUT2D eigenvalue weighted by molar-refractivity contribution is 0.0481. The summed E-state index contributed by atoms with van der Waals surface area (Å²) in [5.41, 5.74) is 0.634. The Morgan fingerprint density at radius 3 is 2.64 bits per heavy atom. The van der Waals surface area contributed by atoms with Crippen molar-refractivity contribution in [3.63, 3.8) is 0 Å². The van der Waals surface area contributed by atoms with Crippen molar-refractivity contribution < 1.29 is 13.9 Å². The Morgan fingerprint density at radius 1 is 1.57 bits per heavy atom. The lowest BCUT2D eigenvalue weighted by Crippen LogP contribution is -2.12. The van der Waals surface area contributed by atoms with E-state index in [9.17, 15) is 4.79 Å². The lowest BCUT2D eigenvalue weighted by Gasteiger charge is -2.12. The summed E-state index contributed by atoms with van der Waals surface area (Å²) in [7, 11) is 0. The van der Waals surface area contributed by atoms with Crippen LogP contribution < -0.4 is 0 Å². The minimum absolute atomic E-state index is 0.0248. The molecule has 0 fully saturated rings. The number of hydrogen-bond acceptors (Lipinski definition) is 4. The van der Waals surface area contributed by atoms with E-state index in [1.165, 1.54) is 6.26 Å². The molecule has 0 radical (unpaired) electrons. The molecule has 0 amide bonds. The van der Waals surface area contributed by atoms with E-state index in [0.29, 0.717) is 6.61 Å². The first-order chi connectivity index (χ1) is 6.45. The Bertz CT molecular complexity index is 322. The summed E-state index contributed by atoms with van der Waals surface area (Å²) in [6.07, 6.45) is 1.49. The lowest BCUT2D eigenvalue weighted by atomic mass is 9.93. The van der Waals surface area contributed by atoms with Crippen LogP contribution >= 0.6 is 0 Å². The van der Waals surface area contributed by atoms with Crippen molar-refractivity contribution >= 4 is 5.97 Å². The van der Waals surface area contributed by atoms with Crippen molar-refractivity contribution in [3.05, 3.63) is 17.8 Å². The number of esters is 1. The van der Waals surface area contributed by atoms with Gasteiger partial charge in [0.2, 0.25) is 0 Å². The third-order valence-electron chi connectivity index (χ3n) is 1.72. The number of carbonyl (C=O) groups is 1. The van der Waals surface area contributed by atoms with Gasteiger partial charge in [-0.3, -0.25) is 0 Å². The van der Waals surface area contributed by atoms with E-state index in [-0.39, 0.29) is 11.3 Å². The van der Waals surface area contributed by atoms with Crippen LogP contribution in [0, 0.1) is 0 Å².